The predicted molar refractivity (Wildman–Crippen MR) is 113 cm³/mol. The Kier molecular flexibility index (Phi) is 6.19. The molecule has 0 radical (unpaired) electrons. The number of piperazine rings is 1. The van der Waals surface area contributed by atoms with Crippen molar-refractivity contribution >= 4 is 51.5 Å². The number of carbonyl (C=O) groups excluding carboxylic acids is 1. The first-order valence-corrected chi connectivity index (χ1v) is 9.87. The number of nitrogens with zero attached hydrogens (tertiary/aromatic N) is 2. The van der Waals surface area contributed by atoms with Crippen LogP contribution in [0.4, 0.5) is 11.4 Å². The number of carbonyl (C=O) groups is 1. The van der Waals surface area contributed by atoms with Crippen molar-refractivity contribution in [2.24, 2.45) is 0 Å². The second kappa shape index (κ2) is 8.38. The molecule has 6 heteroatoms. The summed E-state index contributed by atoms with van der Waals surface area (Å²) in [6.07, 6.45) is 0. The van der Waals surface area contributed by atoms with Crippen LogP contribution in [0.15, 0.2) is 42.5 Å². The summed E-state index contributed by atoms with van der Waals surface area (Å²) in [6.45, 7) is 7.06. The maximum atomic E-state index is 12.7. The first-order chi connectivity index (χ1) is 12.1. The second-order valence-corrected chi connectivity index (χ2v) is 7.56. The Morgan fingerprint density at radius 2 is 1.84 bits per heavy atom. The number of para-hydroxylation sites is 1. The van der Waals surface area contributed by atoms with Crippen molar-refractivity contribution in [2.75, 3.05) is 42.9 Å². The minimum absolute atomic E-state index is 0.110. The van der Waals surface area contributed by atoms with Crippen molar-refractivity contribution in [3.05, 3.63) is 56.6 Å². The monoisotopic (exact) mass is 469 g/mol. The number of anilines is 2. The number of likely N-dealkylation sites (N-methyl/N-ethyl adjacent to an activating group) is 1. The third kappa shape index (κ3) is 4.27. The lowest BCUT2D eigenvalue weighted by molar-refractivity contribution is 0.102. The number of halogens is 2. The van der Waals surface area contributed by atoms with E-state index in [9.17, 15) is 4.79 Å². The Bertz CT molecular complexity index is 760. The van der Waals surface area contributed by atoms with Gasteiger partial charge in [-0.2, -0.15) is 0 Å². The number of nitrogens with one attached hydrogen (secondary N) is 1. The molecule has 1 fully saturated rings. The zero-order valence-corrected chi connectivity index (χ0v) is 17.0. The summed E-state index contributed by atoms with van der Waals surface area (Å²) in [5, 5.41) is 3.72. The SMILES string of the molecule is CCN1CCN(c2c(Cl)cccc2NC(=O)c2ccccc2I)CC1. The number of benzene rings is 2. The average molecular weight is 470 g/mol. The van der Waals surface area contributed by atoms with E-state index in [1.807, 2.05) is 42.5 Å². The Morgan fingerprint density at radius 3 is 2.52 bits per heavy atom. The zero-order valence-electron chi connectivity index (χ0n) is 14.1. The van der Waals surface area contributed by atoms with Gasteiger partial charge in [-0.3, -0.25) is 4.79 Å². The molecule has 2 aromatic rings. The molecule has 25 heavy (non-hydrogen) atoms. The van der Waals surface area contributed by atoms with Gasteiger partial charge in [0.15, 0.2) is 0 Å². The van der Waals surface area contributed by atoms with E-state index in [2.05, 4.69) is 44.6 Å². The van der Waals surface area contributed by atoms with Gasteiger partial charge in [-0.05, 0) is 53.4 Å². The fourth-order valence-corrected chi connectivity index (χ4v) is 3.99. The van der Waals surface area contributed by atoms with Crippen molar-refractivity contribution in [1.29, 1.82) is 0 Å². The van der Waals surface area contributed by atoms with Gasteiger partial charge in [-0.25, -0.2) is 0 Å². The number of hydrogen-bond acceptors (Lipinski definition) is 3. The quantitative estimate of drug-likeness (QED) is 0.677. The highest BCUT2D eigenvalue weighted by Gasteiger charge is 2.22. The molecule has 1 saturated heterocycles. The molecular formula is C19H21ClIN3O. The summed E-state index contributed by atoms with van der Waals surface area (Å²) in [5.74, 6) is -0.110. The van der Waals surface area contributed by atoms with E-state index in [0.29, 0.717) is 10.6 Å². The van der Waals surface area contributed by atoms with E-state index in [1.54, 1.807) is 0 Å². The Morgan fingerprint density at radius 1 is 1.12 bits per heavy atom. The maximum Gasteiger partial charge on any atom is 0.256 e. The van der Waals surface area contributed by atoms with E-state index in [-0.39, 0.29) is 5.91 Å². The van der Waals surface area contributed by atoms with Gasteiger partial charge in [0.05, 0.1) is 22.0 Å². The summed E-state index contributed by atoms with van der Waals surface area (Å²) in [6, 6.07) is 13.2. The van der Waals surface area contributed by atoms with Crippen LogP contribution in [0.5, 0.6) is 0 Å². The third-order valence-corrected chi connectivity index (χ3v) is 5.73. The molecule has 3 rings (SSSR count). The van der Waals surface area contributed by atoms with E-state index >= 15 is 0 Å². The molecule has 132 valence electrons. The van der Waals surface area contributed by atoms with Crippen molar-refractivity contribution in [3.63, 3.8) is 0 Å². The summed E-state index contributed by atoms with van der Waals surface area (Å²) in [4.78, 5) is 17.4. The zero-order chi connectivity index (χ0) is 17.8. The van der Waals surface area contributed by atoms with E-state index < -0.39 is 0 Å². The van der Waals surface area contributed by atoms with Crippen LogP contribution < -0.4 is 10.2 Å². The van der Waals surface area contributed by atoms with Crippen LogP contribution in [0.25, 0.3) is 0 Å². The summed E-state index contributed by atoms with van der Waals surface area (Å²) in [7, 11) is 0. The number of amides is 1. The minimum Gasteiger partial charge on any atom is -0.366 e. The molecule has 1 aliphatic heterocycles. The smallest absolute Gasteiger partial charge is 0.256 e. The van der Waals surface area contributed by atoms with Crippen molar-refractivity contribution in [1.82, 2.24) is 4.90 Å². The topological polar surface area (TPSA) is 35.6 Å². The van der Waals surface area contributed by atoms with Gasteiger partial charge >= 0.3 is 0 Å². The lowest BCUT2D eigenvalue weighted by Crippen LogP contribution is -2.46. The Hall–Kier alpha value is -1.31. The van der Waals surface area contributed by atoms with Gasteiger partial charge in [0.2, 0.25) is 0 Å². The number of hydrogen-bond donors (Lipinski definition) is 1. The Labute approximate surface area is 167 Å². The molecule has 1 amide bonds. The molecule has 0 spiro atoms. The normalized spacial score (nSPS) is 15.2. The van der Waals surface area contributed by atoms with Crippen LogP contribution >= 0.6 is 34.2 Å². The first-order valence-electron chi connectivity index (χ1n) is 8.42. The van der Waals surface area contributed by atoms with E-state index in [4.69, 9.17) is 11.6 Å². The third-order valence-electron chi connectivity index (χ3n) is 4.49. The van der Waals surface area contributed by atoms with Crippen LogP contribution in [0, 0.1) is 3.57 Å². The fraction of sp³-hybridized carbons (Fsp3) is 0.316. The molecule has 2 aromatic carbocycles. The molecule has 1 heterocycles. The van der Waals surface area contributed by atoms with Gasteiger partial charge in [0.25, 0.3) is 5.91 Å². The van der Waals surface area contributed by atoms with Gasteiger partial charge in [0.1, 0.15) is 0 Å². The number of rotatable bonds is 4. The van der Waals surface area contributed by atoms with Crippen LogP contribution in [-0.4, -0.2) is 43.5 Å². The van der Waals surface area contributed by atoms with Gasteiger partial charge in [0, 0.05) is 29.7 Å². The molecule has 0 aliphatic carbocycles. The van der Waals surface area contributed by atoms with E-state index in [1.165, 1.54) is 0 Å². The highest BCUT2D eigenvalue weighted by atomic mass is 127. The van der Waals surface area contributed by atoms with Crippen molar-refractivity contribution < 1.29 is 4.79 Å². The fourth-order valence-electron chi connectivity index (χ4n) is 3.06. The molecule has 1 aliphatic rings. The van der Waals surface area contributed by atoms with Crippen molar-refractivity contribution in [2.45, 2.75) is 6.92 Å². The molecular weight excluding hydrogens is 449 g/mol. The van der Waals surface area contributed by atoms with Gasteiger partial charge in [-0.1, -0.05) is 36.7 Å². The van der Waals surface area contributed by atoms with Gasteiger partial charge < -0.3 is 15.1 Å². The molecule has 0 bridgehead atoms. The van der Waals surface area contributed by atoms with Crippen LogP contribution in [0.2, 0.25) is 5.02 Å². The molecule has 0 saturated carbocycles. The first kappa shape index (κ1) is 18.5. The lowest BCUT2D eigenvalue weighted by atomic mass is 10.1. The minimum atomic E-state index is -0.110. The van der Waals surface area contributed by atoms with Crippen LogP contribution in [-0.2, 0) is 0 Å². The molecule has 1 N–H and O–H groups in total. The highest BCUT2D eigenvalue weighted by Crippen LogP contribution is 2.35. The van der Waals surface area contributed by atoms with E-state index in [0.717, 1.165) is 47.7 Å². The predicted octanol–water partition coefficient (Wildman–Crippen LogP) is 4.34. The maximum absolute atomic E-state index is 12.7. The molecule has 0 unspecified atom stereocenters. The van der Waals surface area contributed by atoms with Crippen LogP contribution in [0.1, 0.15) is 17.3 Å². The molecule has 0 atom stereocenters. The van der Waals surface area contributed by atoms with Crippen molar-refractivity contribution in [3.8, 4) is 0 Å². The standard InChI is InChI=1S/C19H21ClIN3O/c1-2-23-10-12-24(13-11-23)18-15(20)7-5-9-17(18)22-19(25)14-6-3-4-8-16(14)21/h3-9H,2,10-13H2,1H3,(H,22,25). The summed E-state index contributed by atoms with van der Waals surface area (Å²) >= 11 is 8.67. The Balaban J connectivity index is 1.84. The van der Waals surface area contributed by atoms with Gasteiger partial charge in [-0.15, -0.1) is 0 Å². The molecule has 0 aromatic heterocycles. The summed E-state index contributed by atoms with van der Waals surface area (Å²) < 4.78 is 0.928. The highest BCUT2D eigenvalue weighted by molar-refractivity contribution is 14.1. The summed E-state index contributed by atoms with van der Waals surface area (Å²) in [5.41, 5.74) is 2.35. The van der Waals surface area contributed by atoms with Crippen LogP contribution in [0.3, 0.4) is 0 Å². The molecule has 4 nitrogen and oxygen atoms in total. The second-order valence-electron chi connectivity index (χ2n) is 5.99. The largest absolute Gasteiger partial charge is 0.366 e. The average Bonchev–Trinajstić information content (AvgIpc) is 2.62. The lowest BCUT2D eigenvalue weighted by Gasteiger charge is -2.36.